The van der Waals surface area contributed by atoms with Crippen molar-refractivity contribution in [1.82, 2.24) is 9.19 Å². The Labute approximate surface area is 179 Å². The van der Waals surface area contributed by atoms with Gasteiger partial charge in [0, 0.05) is 17.9 Å². The van der Waals surface area contributed by atoms with Gasteiger partial charge in [-0.05, 0) is 35.9 Å². The number of halogens is 4. The first-order valence-corrected chi connectivity index (χ1v) is 10.6. The highest BCUT2D eigenvalue weighted by Crippen LogP contribution is 2.25. The van der Waals surface area contributed by atoms with Crippen LogP contribution in [0.3, 0.4) is 0 Å². The summed E-state index contributed by atoms with van der Waals surface area (Å²) in [6.07, 6.45) is 1.01. The molecule has 10 heteroatoms. The van der Waals surface area contributed by atoms with Crippen molar-refractivity contribution in [3.63, 3.8) is 0 Å². The molecule has 1 heterocycles. The number of nitrogens with zero attached hydrogens (tertiary/aromatic N) is 2. The van der Waals surface area contributed by atoms with Crippen molar-refractivity contribution >= 4 is 38.3 Å². The van der Waals surface area contributed by atoms with E-state index in [0.29, 0.717) is 33.2 Å². The lowest BCUT2D eigenvalue weighted by molar-refractivity contribution is 0.0989. The first-order valence-electron chi connectivity index (χ1n) is 8.82. The van der Waals surface area contributed by atoms with Gasteiger partial charge < -0.3 is 0 Å². The molecule has 158 valence electrons. The van der Waals surface area contributed by atoms with Crippen molar-refractivity contribution in [2.24, 2.45) is 0 Å². The van der Waals surface area contributed by atoms with Gasteiger partial charge in [-0.2, -0.15) is 17.6 Å². The van der Waals surface area contributed by atoms with E-state index in [9.17, 15) is 26.4 Å². The van der Waals surface area contributed by atoms with Crippen molar-refractivity contribution in [2.75, 3.05) is 0 Å². The zero-order valence-corrected chi connectivity index (χ0v) is 17.1. The average Bonchev–Trinajstić information content (AvgIpc) is 3.11. The lowest BCUT2D eigenvalue weighted by Crippen LogP contribution is -2.15. The van der Waals surface area contributed by atoms with Crippen LogP contribution in [-0.4, -0.2) is 23.4 Å². The van der Waals surface area contributed by atoms with E-state index in [2.05, 4.69) is 5.10 Å². The van der Waals surface area contributed by atoms with Gasteiger partial charge in [-0.3, -0.25) is 4.79 Å². The van der Waals surface area contributed by atoms with Gasteiger partial charge in [-0.1, -0.05) is 29.8 Å². The minimum Gasteiger partial charge on any atom is -0.294 e. The zero-order chi connectivity index (χ0) is 22.3. The van der Waals surface area contributed by atoms with Crippen LogP contribution in [0.4, 0.5) is 13.2 Å². The van der Waals surface area contributed by atoms with Crippen LogP contribution in [-0.2, 0) is 16.4 Å². The molecule has 0 aliphatic heterocycles. The lowest BCUT2D eigenvalue weighted by Gasteiger charge is -2.08. The number of hydrogen-bond donors (Lipinski definition) is 0. The predicted octanol–water partition coefficient (Wildman–Crippen LogP) is 4.77. The van der Waals surface area contributed by atoms with Gasteiger partial charge in [0.15, 0.2) is 5.78 Å². The molecular weight excluding hydrogens is 453 g/mol. The van der Waals surface area contributed by atoms with Gasteiger partial charge in [0.2, 0.25) is 0 Å². The molecule has 0 aliphatic rings. The second-order valence-corrected chi connectivity index (χ2v) is 8.86. The summed E-state index contributed by atoms with van der Waals surface area (Å²) in [5.74, 6) is -3.46. The van der Waals surface area contributed by atoms with Gasteiger partial charge in [-0.25, -0.2) is 13.2 Å². The van der Waals surface area contributed by atoms with Crippen LogP contribution < -0.4 is 0 Å². The monoisotopic (exact) mass is 464 g/mol. The second kappa shape index (κ2) is 7.82. The zero-order valence-electron chi connectivity index (χ0n) is 15.5. The Kier molecular flexibility index (Phi) is 5.32. The number of aromatic nitrogens is 2. The Bertz CT molecular complexity index is 1410. The first kappa shape index (κ1) is 21.1. The molecule has 1 aromatic heterocycles. The molecule has 0 amide bonds. The van der Waals surface area contributed by atoms with Gasteiger partial charge in [0.1, 0.15) is 17.5 Å². The fourth-order valence-electron chi connectivity index (χ4n) is 3.16. The fraction of sp³-hybridized carbons (Fsp3) is 0.0476. The largest absolute Gasteiger partial charge is 0.294 e. The molecule has 0 N–H and O–H groups in total. The van der Waals surface area contributed by atoms with Crippen molar-refractivity contribution in [2.45, 2.75) is 11.3 Å². The van der Waals surface area contributed by atoms with E-state index < -0.39 is 38.2 Å². The van der Waals surface area contributed by atoms with E-state index in [1.165, 1.54) is 30.5 Å². The third-order valence-corrected chi connectivity index (χ3v) is 6.46. The summed E-state index contributed by atoms with van der Waals surface area (Å²) in [7, 11) is -4.42. The van der Waals surface area contributed by atoms with E-state index in [-0.39, 0.29) is 22.5 Å². The minimum atomic E-state index is -4.42. The third kappa shape index (κ3) is 3.94. The molecule has 0 radical (unpaired) electrons. The van der Waals surface area contributed by atoms with E-state index in [1.54, 1.807) is 6.07 Å². The average molecular weight is 465 g/mol. The molecule has 5 nitrogen and oxygen atoms in total. The van der Waals surface area contributed by atoms with Gasteiger partial charge in [-0.15, -0.1) is 0 Å². The van der Waals surface area contributed by atoms with Crippen molar-refractivity contribution in [1.29, 1.82) is 0 Å². The minimum absolute atomic E-state index is 0.0353. The Morgan fingerprint density at radius 1 is 1.00 bits per heavy atom. The third-order valence-electron chi connectivity index (χ3n) is 4.57. The van der Waals surface area contributed by atoms with E-state index in [1.807, 2.05) is 0 Å². The highest BCUT2D eigenvalue weighted by Gasteiger charge is 2.23. The summed E-state index contributed by atoms with van der Waals surface area (Å²) >= 11 is 5.93. The predicted molar refractivity (Wildman–Crippen MR) is 108 cm³/mol. The highest BCUT2D eigenvalue weighted by molar-refractivity contribution is 7.90. The number of carbonyl (C=O) groups excluding carboxylic acids is 1. The standard InChI is InChI=1S/C21H12ClF3N2O3S/c22-17-2-1-3-18(25)21(17)20(28)7-12-4-5-13-11-26-27(19(13)6-12)31(29,30)16-9-14(23)8-15(24)10-16/h1-6,8-11H,7H2. The SMILES string of the molecule is O=C(Cc1ccc2cnn(S(=O)(=O)c3cc(F)cc(F)c3)c2c1)c1c(F)cccc1Cl. The molecule has 0 bridgehead atoms. The Morgan fingerprint density at radius 2 is 1.71 bits per heavy atom. The highest BCUT2D eigenvalue weighted by atomic mass is 35.5. The fourth-order valence-corrected chi connectivity index (χ4v) is 4.74. The van der Waals surface area contributed by atoms with E-state index >= 15 is 0 Å². The molecule has 0 unspecified atom stereocenters. The number of carbonyl (C=O) groups is 1. The van der Waals surface area contributed by atoms with Gasteiger partial charge in [0.25, 0.3) is 10.0 Å². The second-order valence-electron chi connectivity index (χ2n) is 6.69. The summed E-state index contributed by atoms with van der Waals surface area (Å²) in [6, 6.07) is 10.3. The molecule has 4 rings (SSSR count). The molecule has 0 saturated carbocycles. The number of ketones is 1. The Balaban J connectivity index is 1.75. The van der Waals surface area contributed by atoms with Crippen LogP contribution in [0.2, 0.25) is 5.02 Å². The molecule has 0 spiro atoms. The Morgan fingerprint density at radius 3 is 2.39 bits per heavy atom. The smallest absolute Gasteiger partial charge is 0.283 e. The molecule has 4 aromatic rings. The quantitative estimate of drug-likeness (QED) is 0.399. The summed E-state index contributed by atoms with van der Waals surface area (Å²) in [6.45, 7) is 0. The van der Waals surface area contributed by atoms with Crippen LogP contribution in [0.25, 0.3) is 10.9 Å². The molecule has 3 aromatic carbocycles. The van der Waals surface area contributed by atoms with Gasteiger partial charge in [0.05, 0.1) is 27.2 Å². The van der Waals surface area contributed by atoms with Gasteiger partial charge >= 0.3 is 0 Å². The number of Topliss-reactive ketones (excluding diaryl/α,β-unsaturated/α-hetero) is 1. The van der Waals surface area contributed by atoms with Crippen LogP contribution in [0.15, 0.2) is 65.7 Å². The maximum absolute atomic E-state index is 14.0. The summed E-state index contributed by atoms with van der Waals surface area (Å²) in [5, 5.41) is 4.21. The van der Waals surface area contributed by atoms with Crippen LogP contribution in [0.5, 0.6) is 0 Å². The maximum Gasteiger partial charge on any atom is 0.283 e. The number of hydrogen-bond acceptors (Lipinski definition) is 4. The number of fused-ring (bicyclic) bond motifs is 1. The first-order chi connectivity index (χ1) is 14.7. The molecule has 0 saturated heterocycles. The van der Waals surface area contributed by atoms with Crippen molar-refractivity contribution < 1.29 is 26.4 Å². The van der Waals surface area contributed by atoms with Crippen molar-refractivity contribution in [3.05, 3.63) is 94.4 Å². The van der Waals surface area contributed by atoms with Crippen LogP contribution in [0, 0.1) is 17.5 Å². The number of rotatable bonds is 5. The van der Waals surface area contributed by atoms with E-state index in [0.717, 1.165) is 6.07 Å². The molecule has 0 aliphatic carbocycles. The summed E-state index contributed by atoms with van der Waals surface area (Å²) in [5.41, 5.74) is 0.203. The topological polar surface area (TPSA) is 69.0 Å². The van der Waals surface area contributed by atoms with Crippen LogP contribution in [0.1, 0.15) is 15.9 Å². The molecule has 31 heavy (non-hydrogen) atoms. The Hall–Kier alpha value is -3.17. The van der Waals surface area contributed by atoms with Crippen molar-refractivity contribution in [3.8, 4) is 0 Å². The summed E-state index contributed by atoms with van der Waals surface area (Å²) in [4.78, 5) is 11.9. The molecular formula is C21H12ClF3N2O3S. The number of benzene rings is 3. The molecule has 0 fully saturated rings. The molecule has 0 atom stereocenters. The van der Waals surface area contributed by atoms with E-state index in [4.69, 9.17) is 11.6 Å². The normalized spacial score (nSPS) is 11.7. The summed E-state index contributed by atoms with van der Waals surface area (Å²) < 4.78 is 67.5. The lowest BCUT2D eigenvalue weighted by atomic mass is 10.0. The maximum atomic E-state index is 14.0. The van der Waals surface area contributed by atoms with Crippen LogP contribution >= 0.6 is 11.6 Å².